The molecule has 92 valence electrons. The summed E-state index contributed by atoms with van der Waals surface area (Å²) >= 11 is 0. The number of carbonyl (C=O) groups excluding carboxylic acids is 1. The molecule has 1 heterocycles. The van der Waals surface area contributed by atoms with Crippen molar-refractivity contribution in [2.75, 3.05) is 13.1 Å². The molecule has 16 heavy (non-hydrogen) atoms. The van der Waals surface area contributed by atoms with Gasteiger partial charge in [-0.05, 0) is 24.2 Å². The van der Waals surface area contributed by atoms with Gasteiger partial charge in [0, 0.05) is 24.5 Å². The molecule has 3 heteroatoms. The van der Waals surface area contributed by atoms with E-state index in [0.29, 0.717) is 5.92 Å². The lowest BCUT2D eigenvalue weighted by Crippen LogP contribution is -2.55. The van der Waals surface area contributed by atoms with E-state index in [1.54, 1.807) is 0 Å². The number of nitrogens with two attached hydrogens (primary N) is 1. The molecule has 0 radical (unpaired) electrons. The molecule has 3 atom stereocenters. The molecule has 0 bridgehead atoms. The van der Waals surface area contributed by atoms with Crippen LogP contribution in [0.1, 0.15) is 40.5 Å². The molecule has 2 rings (SSSR count). The average Bonchev–Trinajstić information content (AvgIpc) is 2.39. The number of hydrogen-bond acceptors (Lipinski definition) is 2. The fourth-order valence-electron chi connectivity index (χ4n) is 2.70. The number of amides is 1. The molecule has 0 aromatic heterocycles. The van der Waals surface area contributed by atoms with Crippen molar-refractivity contribution in [2.24, 2.45) is 23.0 Å². The summed E-state index contributed by atoms with van der Waals surface area (Å²) in [5, 5.41) is 0. The Labute approximate surface area is 98.4 Å². The monoisotopic (exact) mass is 224 g/mol. The van der Waals surface area contributed by atoms with E-state index in [4.69, 9.17) is 5.73 Å². The van der Waals surface area contributed by atoms with Gasteiger partial charge in [0.25, 0.3) is 0 Å². The average molecular weight is 224 g/mol. The largest absolute Gasteiger partial charge is 0.340 e. The summed E-state index contributed by atoms with van der Waals surface area (Å²) in [6.07, 6.45) is 2.29. The highest BCUT2D eigenvalue weighted by Gasteiger charge is 2.52. The standard InChI is InChI=1S/C13H24N2O/c1-9(12(2,3)4)11(16)15-7-10-5-6-13(10,14)8-15/h9-10H,5-8,14H2,1-4H3. The Morgan fingerprint density at radius 1 is 1.50 bits per heavy atom. The first-order valence-electron chi connectivity index (χ1n) is 6.32. The molecule has 0 aromatic rings. The van der Waals surface area contributed by atoms with Crippen molar-refractivity contribution in [1.82, 2.24) is 4.90 Å². The van der Waals surface area contributed by atoms with Crippen LogP contribution < -0.4 is 5.73 Å². The SMILES string of the molecule is CC(C(=O)N1CC2CCC2(N)C1)C(C)(C)C. The van der Waals surface area contributed by atoms with Crippen LogP contribution in [0, 0.1) is 17.3 Å². The van der Waals surface area contributed by atoms with Gasteiger partial charge in [0.2, 0.25) is 5.91 Å². The third-order valence-corrected chi connectivity index (χ3v) is 4.68. The minimum absolute atomic E-state index is 0.0421. The second-order valence-electron chi connectivity index (χ2n) is 6.78. The van der Waals surface area contributed by atoms with Crippen LogP contribution in [0.4, 0.5) is 0 Å². The Morgan fingerprint density at radius 2 is 2.12 bits per heavy atom. The van der Waals surface area contributed by atoms with Crippen molar-refractivity contribution in [2.45, 2.75) is 46.1 Å². The maximum atomic E-state index is 12.3. The zero-order chi connectivity index (χ0) is 12.1. The number of fused-ring (bicyclic) bond motifs is 1. The number of hydrogen-bond donors (Lipinski definition) is 1. The van der Waals surface area contributed by atoms with Crippen LogP contribution in [0.25, 0.3) is 0 Å². The van der Waals surface area contributed by atoms with Crippen molar-refractivity contribution in [1.29, 1.82) is 0 Å². The van der Waals surface area contributed by atoms with Gasteiger partial charge in [0.05, 0.1) is 0 Å². The molecule has 2 aliphatic rings. The minimum atomic E-state index is -0.0483. The van der Waals surface area contributed by atoms with Crippen LogP contribution in [0.5, 0.6) is 0 Å². The number of likely N-dealkylation sites (tertiary alicyclic amines) is 1. The van der Waals surface area contributed by atoms with Gasteiger partial charge in [-0.2, -0.15) is 0 Å². The van der Waals surface area contributed by atoms with E-state index in [2.05, 4.69) is 20.8 Å². The first-order chi connectivity index (χ1) is 7.24. The van der Waals surface area contributed by atoms with Gasteiger partial charge in [-0.25, -0.2) is 0 Å². The molecule has 0 spiro atoms. The Balaban J connectivity index is 2.02. The van der Waals surface area contributed by atoms with E-state index >= 15 is 0 Å². The highest BCUT2D eigenvalue weighted by molar-refractivity contribution is 5.79. The quantitative estimate of drug-likeness (QED) is 0.735. The number of nitrogens with zero attached hydrogens (tertiary/aromatic N) is 1. The lowest BCUT2D eigenvalue weighted by molar-refractivity contribution is -0.137. The van der Waals surface area contributed by atoms with Gasteiger partial charge in [-0.15, -0.1) is 0 Å². The Kier molecular flexibility index (Phi) is 2.57. The van der Waals surface area contributed by atoms with E-state index in [-0.39, 0.29) is 22.8 Å². The fourth-order valence-corrected chi connectivity index (χ4v) is 2.70. The van der Waals surface area contributed by atoms with Crippen LogP contribution in [0.15, 0.2) is 0 Å². The van der Waals surface area contributed by atoms with Crippen LogP contribution >= 0.6 is 0 Å². The maximum Gasteiger partial charge on any atom is 0.226 e. The zero-order valence-electron chi connectivity index (χ0n) is 10.9. The van der Waals surface area contributed by atoms with Crippen molar-refractivity contribution in [3.8, 4) is 0 Å². The third kappa shape index (κ3) is 1.75. The van der Waals surface area contributed by atoms with Gasteiger partial charge >= 0.3 is 0 Å². The van der Waals surface area contributed by atoms with E-state index < -0.39 is 0 Å². The summed E-state index contributed by atoms with van der Waals surface area (Å²) < 4.78 is 0. The minimum Gasteiger partial charge on any atom is -0.340 e. The normalized spacial score (nSPS) is 35.6. The second-order valence-corrected chi connectivity index (χ2v) is 6.78. The molecule has 1 aliphatic carbocycles. The fraction of sp³-hybridized carbons (Fsp3) is 0.923. The summed E-state index contributed by atoms with van der Waals surface area (Å²) in [4.78, 5) is 14.3. The lowest BCUT2D eigenvalue weighted by Gasteiger charge is -2.40. The van der Waals surface area contributed by atoms with Gasteiger partial charge in [0.15, 0.2) is 0 Å². The first kappa shape index (κ1) is 11.9. The summed E-state index contributed by atoms with van der Waals surface area (Å²) in [5.41, 5.74) is 6.25. The molecule has 3 nitrogen and oxygen atoms in total. The van der Waals surface area contributed by atoms with Gasteiger partial charge in [-0.1, -0.05) is 27.7 Å². The van der Waals surface area contributed by atoms with Gasteiger partial charge in [0.1, 0.15) is 0 Å². The lowest BCUT2D eigenvalue weighted by atomic mass is 9.70. The van der Waals surface area contributed by atoms with E-state index in [1.165, 1.54) is 6.42 Å². The summed E-state index contributed by atoms with van der Waals surface area (Å²) in [6.45, 7) is 10.1. The summed E-state index contributed by atoms with van der Waals surface area (Å²) in [7, 11) is 0. The first-order valence-corrected chi connectivity index (χ1v) is 6.32. The highest BCUT2D eigenvalue weighted by Crippen LogP contribution is 2.43. The number of carbonyl (C=O) groups is 1. The van der Waals surface area contributed by atoms with Crippen LogP contribution in [-0.4, -0.2) is 29.4 Å². The predicted molar refractivity (Wildman–Crippen MR) is 64.8 cm³/mol. The molecular formula is C13H24N2O. The van der Waals surface area contributed by atoms with E-state index in [9.17, 15) is 4.79 Å². The van der Waals surface area contributed by atoms with Gasteiger partial charge in [-0.3, -0.25) is 4.79 Å². The molecule has 2 fully saturated rings. The zero-order valence-corrected chi connectivity index (χ0v) is 10.9. The summed E-state index contributed by atoms with van der Waals surface area (Å²) in [5.74, 6) is 0.920. The molecule has 1 amide bonds. The Morgan fingerprint density at radius 3 is 2.44 bits per heavy atom. The molecule has 1 saturated carbocycles. The third-order valence-electron chi connectivity index (χ3n) is 4.68. The highest BCUT2D eigenvalue weighted by atomic mass is 16.2. The van der Waals surface area contributed by atoms with Crippen molar-refractivity contribution in [3.05, 3.63) is 0 Å². The van der Waals surface area contributed by atoms with Gasteiger partial charge < -0.3 is 10.6 Å². The molecule has 0 aromatic carbocycles. The molecule has 1 aliphatic heterocycles. The van der Waals surface area contributed by atoms with Crippen LogP contribution in [0.2, 0.25) is 0 Å². The van der Waals surface area contributed by atoms with Crippen LogP contribution in [0.3, 0.4) is 0 Å². The Bertz CT molecular complexity index is 308. The maximum absolute atomic E-state index is 12.3. The topological polar surface area (TPSA) is 46.3 Å². The van der Waals surface area contributed by atoms with Crippen molar-refractivity contribution < 1.29 is 4.79 Å². The molecule has 2 N–H and O–H groups in total. The van der Waals surface area contributed by atoms with E-state index in [1.807, 2.05) is 11.8 Å². The predicted octanol–water partition coefficient (Wildman–Crippen LogP) is 1.62. The van der Waals surface area contributed by atoms with Crippen molar-refractivity contribution in [3.63, 3.8) is 0 Å². The molecule has 1 saturated heterocycles. The second kappa shape index (κ2) is 3.46. The molecular weight excluding hydrogens is 200 g/mol. The van der Waals surface area contributed by atoms with Crippen molar-refractivity contribution >= 4 is 5.91 Å². The molecule has 3 unspecified atom stereocenters. The summed E-state index contributed by atoms with van der Waals surface area (Å²) in [6, 6.07) is 0. The smallest absolute Gasteiger partial charge is 0.226 e. The van der Waals surface area contributed by atoms with Crippen LogP contribution in [-0.2, 0) is 4.79 Å². The van der Waals surface area contributed by atoms with E-state index in [0.717, 1.165) is 19.5 Å². The number of rotatable bonds is 1. The Hall–Kier alpha value is -0.570.